The molecule has 0 unspecified atom stereocenters. The van der Waals surface area contributed by atoms with Gasteiger partial charge in [0.25, 0.3) is 0 Å². The van der Waals surface area contributed by atoms with E-state index < -0.39 is 17.6 Å². The number of hydrogen-bond donors (Lipinski definition) is 0. The lowest BCUT2D eigenvalue weighted by atomic mass is 10.0. The number of anilines is 1. The van der Waals surface area contributed by atoms with E-state index in [1.165, 1.54) is 6.92 Å². The number of aryl methyl sites for hydroxylation is 1. The molecule has 0 atom stereocenters. The summed E-state index contributed by atoms with van der Waals surface area (Å²) in [5.41, 5.74) is 2.12. The summed E-state index contributed by atoms with van der Waals surface area (Å²) in [6.45, 7) is 12.4. The Labute approximate surface area is 169 Å². The van der Waals surface area contributed by atoms with Gasteiger partial charge in [0.1, 0.15) is 18.8 Å². The molecule has 2 aromatic rings. The van der Waals surface area contributed by atoms with E-state index in [1.807, 2.05) is 18.2 Å². The molecule has 1 aromatic carbocycles. The number of nitrogens with zero attached hydrogens (tertiary/aromatic N) is 1. The van der Waals surface area contributed by atoms with E-state index in [4.69, 9.17) is 13.9 Å². The Hall–Kier alpha value is -3.09. The van der Waals surface area contributed by atoms with Crippen LogP contribution in [0.25, 0.3) is 11.0 Å². The maximum Gasteiger partial charge on any atom is 0.340 e. The summed E-state index contributed by atoms with van der Waals surface area (Å²) in [5, 5.41) is 0.777. The highest BCUT2D eigenvalue weighted by atomic mass is 16.6. The lowest BCUT2D eigenvalue weighted by Gasteiger charge is -2.21. The number of carbonyl (C=O) groups excluding carboxylic acids is 2. The molecule has 0 aliphatic heterocycles. The molecule has 7 heteroatoms. The number of fused-ring (bicyclic) bond motifs is 1. The maximum absolute atomic E-state index is 12.4. The minimum absolute atomic E-state index is 0.0725. The van der Waals surface area contributed by atoms with Crippen molar-refractivity contribution in [1.29, 1.82) is 0 Å². The lowest BCUT2D eigenvalue weighted by Crippen LogP contribution is -2.22. The normalized spacial score (nSPS) is 10.6. The largest absolute Gasteiger partial charge is 0.462 e. The van der Waals surface area contributed by atoms with Crippen LogP contribution < -0.4 is 10.5 Å². The standard InChI is InChI=1S/C22H27NO6/c1-6-23(7-2)16-8-9-17-15(5)18(22(26)29-19(17)12-16)13-20(24)27-10-11-28-21(25)14(3)4/h8-9,12H,3,6-7,10-11,13H2,1-2,4-5H3. The zero-order valence-corrected chi connectivity index (χ0v) is 17.4. The molecule has 156 valence electrons. The van der Waals surface area contributed by atoms with Crippen LogP contribution in [0.2, 0.25) is 0 Å². The third-order valence-electron chi connectivity index (χ3n) is 4.65. The monoisotopic (exact) mass is 401 g/mol. The number of esters is 2. The molecule has 0 bridgehead atoms. The number of ether oxygens (including phenoxy) is 2. The predicted molar refractivity (Wildman–Crippen MR) is 111 cm³/mol. The molecule has 0 aliphatic rings. The van der Waals surface area contributed by atoms with Gasteiger partial charge in [-0.1, -0.05) is 6.58 Å². The Kier molecular flexibility index (Phi) is 7.59. The first-order chi connectivity index (χ1) is 13.8. The Balaban J connectivity index is 2.12. The first kappa shape index (κ1) is 22.2. The van der Waals surface area contributed by atoms with Gasteiger partial charge in [-0.2, -0.15) is 0 Å². The average molecular weight is 401 g/mol. The molecule has 0 saturated heterocycles. The lowest BCUT2D eigenvalue weighted by molar-refractivity contribution is -0.149. The minimum Gasteiger partial charge on any atom is -0.462 e. The molecular weight excluding hydrogens is 374 g/mol. The van der Waals surface area contributed by atoms with Crippen molar-refractivity contribution < 1.29 is 23.5 Å². The van der Waals surface area contributed by atoms with Gasteiger partial charge in [-0.25, -0.2) is 9.59 Å². The summed E-state index contributed by atoms with van der Waals surface area (Å²) < 4.78 is 15.4. The second-order valence-electron chi connectivity index (χ2n) is 6.66. The first-order valence-electron chi connectivity index (χ1n) is 9.58. The van der Waals surface area contributed by atoms with E-state index >= 15 is 0 Å². The van der Waals surface area contributed by atoms with E-state index in [0.29, 0.717) is 11.1 Å². The summed E-state index contributed by atoms with van der Waals surface area (Å²) >= 11 is 0. The number of benzene rings is 1. The fourth-order valence-corrected chi connectivity index (χ4v) is 2.98. The van der Waals surface area contributed by atoms with Crippen molar-refractivity contribution in [2.75, 3.05) is 31.2 Å². The van der Waals surface area contributed by atoms with Crippen LogP contribution in [-0.2, 0) is 25.5 Å². The molecule has 1 aromatic heterocycles. The van der Waals surface area contributed by atoms with E-state index in [-0.39, 0.29) is 30.8 Å². The predicted octanol–water partition coefficient (Wildman–Crippen LogP) is 3.15. The summed E-state index contributed by atoms with van der Waals surface area (Å²) in [5.74, 6) is -1.14. The average Bonchev–Trinajstić information content (AvgIpc) is 2.69. The molecule has 0 N–H and O–H groups in total. The number of hydrogen-bond acceptors (Lipinski definition) is 7. The summed E-state index contributed by atoms with van der Waals surface area (Å²) in [7, 11) is 0. The molecule has 0 radical (unpaired) electrons. The van der Waals surface area contributed by atoms with E-state index in [0.717, 1.165) is 24.2 Å². The van der Waals surface area contributed by atoms with Crippen LogP contribution in [0.1, 0.15) is 31.9 Å². The van der Waals surface area contributed by atoms with Crippen molar-refractivity contribution in [3.05, 3.63) is 51.9 Å². The van der Waals surface area contributed by atoms with Crippen LogP contribution in [0.4, 0.5) is 5.69 Å². The van der Waals surface area contributed by atoms with Gasteiger partial charge < -0.3 is 18.8 Å². The molecule has 7 nitrogen and oxygen atoms in total. The highest BCUT2D eigenvalue weighted by molar-refractivity contribution is 5.87. The molecule has 1 heterocycles. The molecule has 2 rings (SSSR count). The van der Waals surface area contributed by atoms with Crippen LogP contribution >= 0.6 is 0 Å². The van der Waals surface area contributed by atoms with Gasteiger partial charge in [0.15, 0.2) is 0 Å². The number of carbonyl (C=O) groups is 2. The van der Waals surface area contributed by atoms with Gasteiger partial charge in [-0.05, 0) is 45.4 Å². The van der Waals surface area contributed by atoms with Crippen LogP contribution in [0.15, 0.2) is 39.6 Å². The summed E-state index contributed by atoms with van der Waals surface area (Å²) in [6, 6.07) is 5.71. The second kappa shape index (κ2) is 9.91. The highest BCUT2D eigenvalue weighted by Gasteiger charge is 2.17. The summed E-state index contributed by atoms with van der Waals surface area (Å²) in [6.07, 6.45) is -0.212. The molecule has 0 amide bonds. The van der Waals surface area contributed by atoms with Crippen LogP contribution in [0.5, 0.6) is 0 Å². The molecule has 0 spiro atoms. The first-order valence-corrected chi connectivity index (χ1v) is 9.58. The van der Waals surface area contributed by atoms with E-state index in [9.17, 15) is 14.4 Å². The minimum atomic E-state index is -0.592. The Morgan fingerprint density at radius 1 is 1.14 bits per heavy atom. The number of rotatable bonds is 9. The van der Waals surface area contributed by atoms with E-state index in [2.05, 4.69) is 25.3 Å². The Bertz CT molecular complexity index is 971. The fraction of sp³-hybridized carbons (Fsp3) is 0.409. The van der Waals surface area contributed by atoms with Crippen LogP contribution in [0, 0.1) is 6.92 Å². The Morgan fingerprint density at radius 3 is 2.41 bits per heavy atom. The van der Waals surface area contributed by atoms with Gasteiger partial charge in [-0.15, -0.1) is 0 Å². The third-order valence-corrected chi connectivity index (χ3v) is 4.65. The third kappa shape index (κ3) is 5.47. The SMILES string of the molecule is C=C(C)C(=O)OCCOC(=O)Cc1c(C)c2ccc(N(CC)CC)cc2oc1=O. The van der Waals surface area contributed by atoms with E-state index in [1.54, 1.807) is 6.92 Å². The molecule has 0 saturated carbocycles. The molecule has 0 aliphatic carbocycles. The second-order valence-corrected chi connectivity index (χ2v) is 6.66. The zero-order valence-electron chi connectivity index (χ0n) is 17.4. The zero-order chi connectivity index (χ0) is 21.6. The van der Waals surface area contributed by atoms with Crippen molar-refractivity contribution in [1.82, 2.24) is 0 Å². The van der Waals surface area contributed by atoms with Crippen molar-refractivity contribution in [2.24, 2.45) is 0 Å². The topological polar surface area (TPSA) is 86.1 Å². The molecule has 29 heavy (non-hydrogen) atoms. The molecule has 0 fully saturated rings. The van der Waals surface area contributed by atoms with Crippen molar-refractivity contribution in [3.8, 4) is 0 Å². The van der Waals surface area contributed by atoms with Crippen molar-refractivity contribution >= 4 is 28.6 Å². The summed E-state index contributed by atoms with van der Waals surface area (Å²) in [4.78, 5) is 38.0. The quantitative estimate of drug-likeness (QED) is 0.276. The highest BCUT2D eigenvalue weighted by Crippen LogP contribution is 2.25. The van der Waals surface area contributed by atoms with Crippen molar-refractivity contribution in [3.63, 3.8) is 0 Å². The fourth-order valence-electron chi connectivity index (χ4n) is 2.98. The van der Waals surface area contributed by atoms with Gasteiger partial charge in [0.2, 0.25) is 0 Å². The molecular formula is C22H27NO6. The van der Waals surface area contributed by atoms with Gasteiger partial charge in [-0.3, -0.25) is 4.79 Å². The van der Waals surface area contributed by atoms with Crippen LogP contribution in [-0.4, -0.2) is 38.2 Å². The van der Waals surface area contributed by atoms with Gasteiger partial charge in [0.05, 0.1) is 12.0 Å². The maximum atomic E-state index is 12.4. The van der Waals surface area contributed by atoms with Gasteiger partial charge >= 0.3 is 17.6 Å². The van der Waals surface area contributed by atoms with Crippen molar-refractivity contribution in [2.45, 2.75) is 34.1 Å². The van der Waals surface area contributed by atoms with Crippen LogP contribution in [0.3, 0.4) is 0 Å². The Morgan fingerprint density at radius 2 is 1.79 bits per heavy atom. The van der Waals surface area contributed by atoms with Gasteiger partial charge in [0, 0.05) is 35.8 Å². The smallest absolute Gasteiger partial charge is 0.340 e.